The third-order valence-electron chi connectivity index (χ3n) is 7.27. The fraction of sp³-hybridized carbons (Fsp3) is 0.458. The van der Waals surface area contributed by atoms with Crippen LogP contribution in [0.2, 0.25) is 0 Å². The predicted molar refractivity (Wildman–Crippen MR) is 124 cm³/mol. The number of aromatic hydroxyl groups is 1. The van der Waals surface area contributed by atoms with Gasteiger partial charge < -0.3 is 36.2 Å². The summed E-state index contributed by atoms with van der Waals surface area (Å²) in [6, 6.07) is 0.547. The first kappa shape index (κ1) is 24.6. The Hall–Kier alpha value is -3.57. The molecule has 4 atom stereocenters. The van der Waals surface area contributed by atoms with Crippen molar-refractivity contribution in [2.45, 2.75) is 31.4 Å². The SMILES string of the molecule is CCNc1cc(OC)c2c(c1O)C(=O)C1=C(O)[C@]3(O)C(=O)C(C(N)=O)=C(O)[C@@H](N(C)C)[C@@H]3C[C@@H]1C2. The van der Waals surface area contributed by atoms with Gasteiger partial charge in [-0.2, -0.15) is 0 Å². The van der Waals surface area contributed by atoms with E-state index in [2.05, 4.69) is 5.32 Å². The fourth-order valence-electron chi connectivity index (χ4n) is 5.79. The molecule has 188 valence electrons. The highest BCUT2D eigenvalue weighted by Gasteiger charge is 2.63. The predicted octanol–water partition coefficient (Wildman–Crippen LogP) is 0.561. The number of hydrogen-bond donors (Lipinski definition) is 6. The second kappa shape index (κ2) is 8.28. The number of hydrogen-bond acceptors (Lipinski definition) is 10. The molecule has 11 heteroatoms. The fourth-order valence-corrected chi connectivity index (χ4v) is 5.79. The minimum Gasteiger partial charge on any atom is -0.510 e. The van der Waals surface area contributed by atoms with Crippen LogP contribution in [0.25, 0.3) is 0 Å². The summed E-state index contributed by atoms with van der Waals surface area (Å²) in [7, 11) is 4.60. The highest BCUT2D eigenvalue weighted by Crippen LogP contribution is 2.53. The first-order chi connectivity index (χ1) is 16.4. The molecule has 0 aromatic heterocycles. The van der Waals surface area contributed by atoms with Gasteiger partial charge >= 0.3 is 0 Å². The maximum Gasteiger partial charge on any atom is 0.255 e. The molecule has 1 aromatic rings. The van der Waals surface area contributed by atoms with E-state index in [-0.39, 0.29) is 35.4 Å². The van der Waals surface area contributed by atoms with Crippen molar-refractivity contribution in [2.75, 3.05) is 33.1 Å². The number of amides is 1. The Labute approximate surface area is 201 Å². The lowest BCUT2D eigenvalue weighted by Crippen LogP contribution is -2.63. The monoisotopic (exact) mass is 487 g/mol. The lowest BCUT2D eigenvalue weighted by molar-refractivity contribution is -0.148. The summed E-state index contributed by atoms with van der Waals surface area (Å²) in [5.41, 5.74) is 2.22. The summed E-state index contributed by atoms with van der Waals surface area (Å²) in [6.07, 6.45) is 0.183. The molecule has 0 radical (unpaired) electrons. The number of rotatable bonds is 5. The van der Waals surface area contributed by atoms with Crippen LogP contribution < -0.4 is 15.8 Å². The van der Waals surface area contributed by atoms with Gasteiger partial charge in [0.1, 0.15) is 28.6 Å². The lowest BCUT2D eigenvalue weighted by atomic mass is 9.58. The number of likely N-dealkylation sites (N-methyl/N-ethyl adjacent to an activating group) is 1. The van der Waals surface area contributed by atoms with Gasteiger partial charge in [0.15, 0.2) is 11.4 Å². The van der Waals surface area contributed by atoms with Crippen LogP contribution in [0.5, 0.6) is 11.5 Å². The Kier molecular flexibility index (Phi) is 5.81. The number of anilines is 1. The minimum absolute atomic E-state index is 0.0185. The first-order valence-corrected chi connectivity index (χ1v) is 11.2. The van der Waals surface area contributed by atoms with E-state index >= 15 is 0 Å². The number of benzene rings is 1. The number of fused-ring (bicyclic) bond motifs is 3. The van der Waals surface area contributed by atoms with E-state index in [0.717, 1.165) is 0 Å². The quantitative estimate of drug-likeness (QED) is 0.253. The van der Waals surface area contributed by atoms with Crippen molar-refractivity contribution in [3.8, 4) is 11.5 Å². The van der Waals surface area contributed by atoms with Gasteiger partial charge in [-0.1, -0.05) is 0 Å². The number of primary amides is 1. The molecule has 35 heavy (non-hydrogen) atoms. The molecule has 11 nitrogen and oxygen atoms in total. The first-order valence-electron chi connectivity index (χ1n) is 11.2. The molecule has 3 aliphatic rings. The lowest BCUT2D eigenvalue weighted by Gasteiger charge is -2.50. The number of ether oxygens (including phenoxy) is 1. The minimum atomic E-state index is -2.66. The van der Waals surface area contributed by atoms with Crippen LogP contribution in [0.15, 0.2) is 28.7 Å². The highest BCUT2D eigenvalue weighted by atomic mass is 16.5. The zero-order valence-electron chi connectivity index (χ0n) is 19.9. The van der Waals surface area contributed by atoms with Gasteiger partial charge in [-0.05, 0) is 39.8 Å². The number of nitrogens with two attached hydrogens (primary N) is 1. The molecule has 3 aliphatic carbocycles. The number of allylic oxidation sites excluding steroid dienone is 1. The second-order valence-corrected chi connectivity index (χ2v) is 9.32. The van der Waals surface area contributed by atoms with Gasteiger partial charge in [0.05, 0.1) is 24.4 Å². The van der Waals surface area contributed by atoms with E-state index in [9.17, 15) is 34.8 Å². The van der Waals surface area contributed by atoms with E-state index < -0.39 is 58.0 Å². The molecule has 1 amide bonds. The van der Waals surface area contributed by atoms with E-state index in [1.807, 2.05) is 6.92 Å². The average molecular weight is 488 g/mol. The zero-order chi connectivity index (χ0) is 26.0. The van der Waals surface area contributed by atoms with Crippen molar-refractivity contribution in [3.05, 3.63) is 39.9 Å². The van der Waals surface area contributed by atoms with Gasteiger partial charge in [-0.3, -0.25) is 19.3 Å². The Morgan fingerprint density at radius 3 is 2.49 bits per heavy atom. The molecule has 0 bridgehead atoms. The maximum absolute atomic E-state index is 13.7. The van der Waals surface area contributed by atoms with Crippen LogP contribution in [0, 0.1) is 11.8 Å². The molecule has 0 aliphatic heterocycles. The number of phenols is 1. The van der Waals surface area contributed by atoms with Crippen molar-refractivity contribution in [1.82, 2.24) is 4.90 Å². The van der Waals surface area contributed by atoms with Gasteiger partial charge in [0, 0.05) is 29.7 Å². The van der Waals surface area contributed by atoms with E-state index in [4.69, 9.17) is 10.5 Å². The number of carbonyl (C=O) groups is 3. The van der Waals surface area contributed by atoms with Crippen LogP contribution in [0.4, 0.5) is 5.69 Å². The van der Waals surface area contributed by atoms with Crippen LogP contribution in [-0.2, 0) is 16.0 Å². The van der Waals surface area contributed by atoms with Crippen LogP contribution in [-0.4, -0.2) is 82.2 Å². The van der Waals surface area contributed by atoms with Crippen LogP contribution in [0.3, 0.4) is 0 Å². The Bertz CT molecular complexity index is 1220. The van der Waals surface area contributed by atoms with E-state index in [0.29, 0.717) is 17.9 Å². The third-order valence-corrected chi connectivity index (χ3v) is 7.27. The van der Waals surface area contributed by atoms with Crippen LogP contribution >= 0.6 is 0 Å². The molecule has 0 saturated heterocycles. The summed E-state index contributed by atoms with van der Waals surface area (Å²) < 4.78 is 5.48. The number of ketones is 2. The van der Waals surface area contributed by atoms with E-state index in [1.54, 1.807) is 20.2 Å². The standard InChI is InChI=1S/C24H29N3O8/c1-5-26-12-8-13(35-4)10-6-9-7-11-17(27(2)3)20(30)16(23(25)33)22(32)24(11,34)21(31)14(9)19(29)15(10)18(12)28/h8-9,11,17,26,28,30-31,34H,5-7H2,1-4H3,(H2,25,33)/t9-,11-,17-,24-/m0/s1. The maximum atomic E-state index is 13.7. The number of nitrogens with one attached hydrogen (secondary N) is 1. The number of carbonyl (C=O) groups excluding carboxylic acids is 3. The number of aliphatic hydroxyl groups excluding tert-OH is 2. The highest BCUT2D eigenvalue weighted by molar-refractivity contribution is 6.25. The van der Waals surface area contributed by atoms with Crippen molar-refractivity contribution in [3.63, 3.8) is 0 Å². The Balaban J connectivity index is 1.97. The van der Waals surface area contributed by atoms with Crippen molar-refractivity contribution < 1.29 is 39.5 Å². The largest absolute Gasteiger partial charge is 0.510 e. The Morgan fingerprint density at radius 1 is 1.29 bits per heavy atom. The average Bonchev–Trinajstić information content (AvgIpc) is 2.77. The molecule has 4 rings (SSSR count). The number of nitrogens with zero attached hydrogens (tertiary/aromatic N) is 1. The normalized spacial score (nSPS) is 28.0. The number of aliphatic hydroxyl groups is 3. The third kappa shape index (κ3) is 3.22. The molecular weight excluding hydrogens is 458 g/mol. The summed E-state index contributed by atoms with van der Waals surface area (Å²) in [5, 5.41) is 47.5. The molecule has 0 fully saturated rings. The molecular formula is C24H29N3O8. The molecule has 0 saturated carbocycles. The van der Waals surface area contributed by atoms with Gasteiger partial charge in [0.25, 0.3) is 5.91 Å². The van der Waals surface area contributed by atoms with Crippen molar-refractivity contribution in [1.29, 1.82) is 0 Å². The topological polar surface area (TPSA) is 183 Å². The zero-order valence-corrected chi connectivity index (χ0v) is 19.9. The molecule has 7 N–H and O–H groups in total. The summed E-state index contributed by atoms with van der Waals surface area (Å²) >= 11 is 0. The summed E-state index contributed by atoms with van der Waals surface area (Å²) in [5.74, 6) is -6.49. The van der Waals surface area contributed by atoms with Gasteiger partial charge in [-0.25, -0.2) is 0 Å². The Morgan fingerprint density at radius 2 is 1.94 bits per heavy atom. The molecule has 0 unspecified atom stereocenters. The smallest absolute Gasteiger partial charge is 0.255 e. The van der Waals surface area contributed by atoms with Gasteiger partial charge in [0.2, 0.25) is 5.78 Å². The molecule has 1 aromatic carbocycles. The molecule has 0 spiro atoms. The second-order valence-electron chi connectivity index (χ2n) is 9.32. The number of phenolic OH excluding ortho intramolecular Hbond substituents is 1. The summed E-state index contributed by atoms with van der Waals surface area (Å²) in [4.78, 5) is 40.5. The van der Waals surface area contributed by atoms with Crippen molar-refractivity contribution >= 4 is 23.2 Å². The number of Topliss-reactive ketones (excluding diaryl/α,β-unsaturated/α-hetero) is 2. The van der Waals surface area contributed by atoms with E-state index in [1.165, 1.54) is 12.0 Å². The van der Waals surface area contributed by atoms with Gasteiger partial charge in [-0.15, -0.1) is 0 Å². The van der Waals surface area contributed by atoms with Crippen molar-refractivity contribution in [2.24, 2.45) is 17.6 Å². The van der Waals surface area contributed by atoms with Crippen LogP contribution in [0.1, 0.15) is 29.3 Å². The summed E-state index contributed by atoms with van der Waals surface area (Å²) in [6.45, 7) is 2.26. The number of methoxy groups -OCH3 is 1. The molecule has 0 heterocycles.